The van der Waals surface area contributed by atoms with Crippen LogP contribution in [0.5, 0.6) is 0 Å². The molecule has 0 saturated heterocycles. The van der Waals surface area contributed by atoms with E-state index in [2.05, 4.69) is 120 Å². The van der Waals surface area contributed by atoms with E-state index in [-0.39, 0.29) is 70.2 Å². The lowest BCUT2D eigenvalue weighted by Gasteiger charge is -2.23. The molecule has 24 heteroatoms. The molecule has 146 heavy (non-hydrogen) atoms. The Balaban J connectivity index is -0.00000210. The van der Waals surface area contributed by atoms with Crippen LogP contribution in [-0.4, -0.2) is 244 Å². The number of amides is 3. The van der Waals surface area contributed by atoms with Crippen molar-refractivity contribution in [3.05, 3.63) is 60.8 Å². The third-order valence-corrected chi connectivity index (χ3v) is 28.6. The second kappa shape index (κ2) is 116. The highest BCUT2D eigenvalue weighted by Gasteiger charge is 2.23. The number of ketones is 1. The Kier molecular flexibility index (Phi) is 115. The van der Waals surface area contributed by atoms with E-state index < -0.39 is 0 Å². The topological polar surface area (TPSA) is 228 Å². The summed E-state index contributed by atoms with van der Waals surface area (Å²) in [5, 5.41) is 0.231. The molecule has 0 radical (unpaired) electrons. The number of esters is 5. The predicted molar refractivity (Wildman–Crippen MR) is 627 cm³/mol. The molecule has 0 bridgehead atoms. The van der Waals surface area contributed by atoms with Gasteiger partial charge in [0.15, 0.2) is 5.78 Å². The van der Waals surface area contributed by atoms with Gasteiger partial charge in [-0.25, -0.2) is 0 Å². The molecule has 0 aromatic rings. The SMILES string of the molecule is CCC/C=C/CCC(CC/C=C/CCC)OC(=O)CCCN(CCCCCC(=O)OC/C=C\CCCCCC)C(=O)SCCN(C)C.CCCCCC/C=C\COC(=O)CCCCCN(CCCC(=O)OC(CCCCCCCC)CCCCCCCC)C(=O)SCCN(C)C.CCCCCC/C=C\COC(=O)CCCCCN(CCCCC(=O)COCC(CCCCCCC)CCCCCCC)C(=O)SCCN(C)C. The largest absolute Gasteiger partial charge is 0.462 e. The molecule has 0 fully saturated rings. The molecule has 854 valence electrons. The third-order valence-electron chi connectivity index (χ3n) is 25.9. The maximum absolute atomic E-state index is 13.1. The highest BCUT2D eigenvalue weighted by molar-refractivity contribution is 8.14. The molecule has 0 aliphatic heterocycles. The van der Waals surface area contributed by atoms with Gasteiger partial charge < -0.3 is 57.8 Å². The number of ether oxygens (including phenoxy) is 6. The van der Waals surface area contributed by atoms with E-state index in [1.807, 2.05) is 75.2 Å². The first-order valence-electron chi connectivity index (χ1n) is 59.9. The van der Waals surface area contributed by atoms with E-state index in [0.717, 1.165) is 204 Å². The van der Waals surface area contributed by atoms with Crippen molar-refractivity contribution in [2.75, 3.05) is 151 Å². The number of Topliss-reactive ketones (excluding diaryl/α,β-unsaturated/α-hetero) is 1. The van der Waals surface area contributed by atoms with Crippen LogP contribution >= 0.6 is 35.3 Å². The van der Waals surface area contributed by atoms with Gasteiger partial charge in [-0.05, 0) is 228 Å². The molecule has 0 aliphatic carbocycles. The summed E-state index contributed by atoms with van der Waals surface area (Å²) in [7, 11) is 12.1. The Labute approximate surface area is 911 Å². The van der Waals surface area contributed by atoms with E-state index in [0.29, 0.717) is 123 Å². The number of rotatable bonds is 103. The predicted octanol–water partition coefficient (Wildman–Crippen LogP) is 33.3. The minimum Gasteiger partial charge on any atom is -0.462 e. The van der Waals surface area contributed by atoms with Gasteiger partial charge in [0.2, 0.25) is 0 Å². The minimum absolute atomic E-state index is 0.0161. The monoisotopic (exact) mass is 2110 g/mol. The molecule has 0 aliphatic rings. The Hall–Kier alpha value is -4.98. The fourth-order valence-electron chi connectivity index (χ4n) is 16.6. The molecule has 0 aromatic carbocycles. The molecule has 3 amide bonds. The number of allylic oxidation sites excluding steroid dienone is 7. The molecule has 0 spiro atoms. The summed E-state index contributed by atoms with van der Waals surface area (Å²) in [6.45, 7) is 28.1. The first-order valence-corrected chi connectivity index (χ1v) is 62.9. The fourth-order valence-corrected chi connectivity index (χ4v) is 19.5. The number of carbonyl (C=O) groups excluding carboxylic acids is 9. The van der Waals surface area contributed by atoms with Gasteiger partial charge in [-0.2, -0.15) is 0 Å². The van der Waals surface area contributed by atoms with Crippen molar-refractivity contribution in [1.29, 1.82) is 0 Å². The quantitative estimate of drug-likeness (QED) is 0.0238. The van der Waals surface area contributed by atoms with Crippen molar-refractivity contribution in [2.45, 2.75) is 511 Å². The van der Waals surface area contributed by atoms with Gasteiger partial charge in [0.1, 0.15) is 38.6 Å². The summed E-state index contributed by atoms with van der Waals surface area (Å²) < 4.78 is 33.9. The van der Waals surface area contributed by atoms with Crippen LogP contribution in [0.25, 0.3) is 0 Å². The van der Waals surface area contributed by atoms with E-state index >= 15 is 0 Å². The smallest absolute Gasteiger partial charge is 0.306 e. The molecule has 0 N–H and O–H groups in total. The summed E-state index contributed by atoms with van der Waals surface area (Å²) in [5.74, 6) is 2.17. The van der Waals surface area contributed by atoms with Gasteiger partial charge in [-0.3, -0.25) is 43.2 Å². The van der Waals surface area contributed by atoms with Crippen LogP contribution in [0.2, 0.25) is 0 Å². The second-order valence-corrected chi connectivity index (χ2v) is 44.3. The average molecular weight is 2120 g/mol. The lowest BCUT2D eigenvalue weighted by atomic mass is 9.95. The van der Waals surface area contributed by atoms with E-state index in [9.17, 15) is 43.2 Å². The normalized spacial score (nSPS) is 11.7. The van der Waals surface area contributed by atoms with Gasteiger partial charge in [-0.1, -0.05) is 377 Å². The number of hydrogen-bond acceptors (Lipinski definition) is 21. The third kappa shape index (κ3) is 109. The van der Waals surface area contributed by atoms with Gasteiger partial charge in [0.25, 0.3) is 15.7 Å². The van der Waals surface area contributed by atoms with Gasteiger partial charge >= 0.3 is 29.8 Å². The first-order chi connectivity index (χ1) is 71.0. The van der Waals surface area contributed by atoms with Crippen LogP contribution < -0.4 is 0 Å². The summed E-state index contributed by atoms with van der Waals surface area (Å²) in [4.78, 5) is 126. The highest BCUT2D eigenvalue weighted by Crippen LogP contribution is 2.25. The van der Waals surface area contributed by atoms with Crippen LogP contribution in [0.1, 0.15) is 499 Å². The van der Waals surface area contributed by atoms with Crippen LogP contribution in [0.4, 0.5) is 14.4 Å². The van der Waals surface area contributed by atoms with Gasteiger partial charge in [0.05, 0.1) is 0 Å². The molecule has 0 aromatic heterocycles. The van der Waals surface area contributed by atoms with Crippen LogP contribution in [-0.2, 0) is 57.2 Å². The van der Waals surface area contributed by atoms with E-state index in [1.54, 1.807) is 0 Å². The summed E-state index contributed by atoms with van der Waals surface area (Å²) in [5.41, 5.74) is 0. The van der Waals surface area contributed by atoms with Gasteiger partial charge in [0, 0.05) is 121 Å². The molecule has 0 rings (SSSR count). The molecule has 0 saturated carbocycles. The highest BCUT2D eigenvalue weighted by atomic mass is 32.2. The minimum atomic E-state index is -0.178. The zero-order valence-corrected chi connectivity index (χ0v) is 99.6. The van der Waals surface area contributed by atoms with Crippen molar-refractivity contribution in [1.82, 2.24) is 29.4 Å². The molecule has 21 nitrogen and oxygen atoms in total. The maximum Gasteiger partial charge on any atom is 0.306 e. The maximum atomic E-state index is 13.1. The number of nitrogens with zero attached hydrogens (tertiary/aromatic N) is 6. The van der Waals surface area contributed by atoms with Crippen LogP contribution in [0, 0.1) is 5.92 Å². The second-order valence-electron chi connectivity index (χ2n) is 41.2. The lowest BCUT2D eigenvalue weighted by Crippen LogP contribution is -2.31. The zero-order valence-electron chi connectivity index (χ0n) is 97.1. The molecular formula is C122H228N6O15S3. The van der Waals surface area contributed by atoms with Crippen molar-refractivity contribution in [3.63, 3.8) is 0 Å². The molecular weight excluding hydrogens is 1890 g/mol. The van der Waals surface area contributed by atoms with E-state index in [1.165, 1.54) is 254 Å². The average Bonchev–Trinajstić information content (AvgIpc) is 0.944. The van der Waals surface area contributed by atoms with Crippen molar-refractivity contribution < 1.29 is 71.6 Å². The van der Waals surface area contributed by atoms with Crippen LogP contribution in [0.15, 0.2) is 60.8 Å². The number of hydrogen-bond donors (Lipinski definition) is 0. The number of unbranched alkanes of at least 4 members (excludes halogenated alkanes) is 39. The number of thioether (sulfide) groups is 3. The Morgan fingerprint density at radius 2 is 0.486 bits per heavy atom. The van der Waals surface area contributed by atoms with Gasteiger partial charge in [-0.15, -0.1) is 0 Å². The Morgan fingerprint density at radius 1 is 0.233 bits per heavy atom. The van der Waals surface area contributed by atoms with E-state index in [4.69, 9.17) is 28.4 Å². The lowest BCUT2D eigenvalue weighted by molar-refractivity contribution is -0.150. The van der Waals surface area contributed by atoms with Crippen molar-refractivity contribution in [3.8, 4) is 0 Å². The molecule has 0 atom stereocenters. The first kappa shape index (κ1) is 145. The van der Waals surface area contributed by atoms with Crippen LogP contribution in [0.3, 0.4) is 0 Å². The fraction of sp³-hybridized carbons (Fsp3) is 0.844. The molecule has 0 heterocycles. The summed E-state index contributed by atoms with van der Waals surface area (Å²) in [6.07, 6.45) is 91.5. The van der Waals surface area contributed by atoms with Crippen molar-refractivity contribution in [2.24, 2.45) is 5.92 Å². The Morgan fingerprint density at radius 3 is 0.801 bits per heavy atom. The summed E-state index contributed by atoms with van der Waals surface area (Å²) in [6, 6.07) is 0. The summed E-state index contributed by atoms with van der Waals surface area (Å²) >= 11 is 4.06. The van der Waals surface area contributed by atoms with Crippen molar-refractivity contribution >= 4 is 86.6 Å². The zero-order chi connectivity index (χ0) is 108. The molecule has 0 unspecified atom stereocenters. The standard InChI is InChI=1S/C42H80N2O5S.C41H78N2O5S.C39H70N2O5S/c1-6-9-12-15-16-19-27-35-49-41(46)31-23-20-25-32-44(42(47)50-36-34-43(4)5)33-26-24-30-40(45)38-48-37-39(28-21-17-13-10-7-2)29-22-18-14-11-8-3;1-6-9-12-15-18-21-27-36-47-39(44)31-25-22-26-33-43(41(46)49-37-35-42(4)5)34-28-32-40(45)48-38(29-23-19-16-13-10-7-2)30-24-20-17-14-11-8-3;1-6-9-12-15-16-19-25-34-45-37(42)29-23-20-24-31-41(39(44)47-35-33-40(4)5)32-26-30-38(43)46-36(27-21-17-13-10-7-2)28-22-18-14-11-8-3/h19,27,39H,6-18,20-26,28-38H2,1-5H3;21,27,38H,6-20,22-26,28-37H2,1-5H3;13-14,17-19,25,36H,6-12,15-16,20-24,26-35H2,1-5H3/b27-19-;27-21-;17-13+,18-14+,25-19-. The number of carbonyl (C=O) groups is 9. The Bertz CT molecular complexity index is 3070.